The summed E-state index contributed by atoms with van der Waals surface area (Å²) in [5.41, 5.74) is -0.123. The summed E-state index contributed by atoms with van der Waals surface area (Å²) in [5.74, 6) is 1.25. The summed E-state index contributed by atoms with van der Waals surface area (Å²) in [6, 6.07) is 9.55. The van der Waals surface area contributed by atoms with Gasteiger partial charge in [-0.15, -0.1) is 10.2 Å². The quantitative estimate of drug-likeness (QED) is 0.569. The van der Waals surface area contributed by atoms with Crippen LogP contribution in [-0.4, -0.2) is 52.3 Å². The first-order valence-electron chi connectivity index (χ1n) is 9.98. The number of aromatic nitrogens is 3. The number of hydrogen-bond acceptors (Lipinski definition) is 6. The molecule has 2 amide bonds. The molecule has 0 unspecified atom stereocenters. The topological polar surface area (TPSA) is 86.3 Å². The summed E-state index contributed by atoms with van der Waals surface area (Å²) in [7, 11) is 0. The summed E-state index contributed by atoms with van der Waals surface area (Å²) in [4.78, 5) is 20.0. The van der Waals surface area contributed by atoms with Gasteiger partial charge in [0, 0.05) is 44.3 Å². The zero-order valence-corrected chi connectivity index (χ0v) is 17.9. The number of pyridine rings is 1. The number of nitrogens with one attached hydrogen (secondary N) is 2. The molecule has 8 nitrogen and oxygen atoms in total. The lowest BCUT2D eigenvalue weighted by atomic mass is 10.2. The van der Waals surface area contributed by atoms with Crippen LogP contribution in [0.15, 0.2) is 54.9 Å². The number of halogens is 4. The molecule has 0 bridgehead atoms. The molecule has 0 radical (unpaired) electrons. The molecule has 2 N–H and O–H groups in total. The van der Waals surface area contributed by atoms with Gasteiger partial charge in [0.05, 0.1) is 16.3 Å². The third-order valence-corrected chi connectivity index (χ3v) is 5.36. The van der Waals surface area contributed by atoms with Crippen LogP contribution in [0.3, 0.4) is 0 Å². The first-order valence-corrected chi connectivity index (χ1v) is 10.4. The van der Waals surface area contributed by atoms with Gasteiger partial charge in [-0.05, 0) is 42.5 Å². The fourth-order valence-electron chi connectivity index (χ4n) is 3.27. The van der Waals surface area contributed by atoms with E-state index in [0.717, 1.165) is 23.9 Å². The van der Waals surface area contributed by atoms with Crippen molar-refractivity contribution >= 4 is 40.6 Å². The smallest absolute Gasteiger partial charge is 0.352 e. The molecule has 0 aliphatic carbocycles. The normalized spacial score (nSPS) is 14.2. The number of piperazine rings is 1. The Morgan fingerprint density at radius 3 is 2.33 bits per heavy atom. The zero-order valence-electron chi connectivity index (χ0n) is 17.2. The Hall–Kier alpha value is -3.60. The summed E-state index contributed by atoms with van der Waals surface area (Å²) >= 11 is 5.96. The van der Waals surface area contributed by atoms with E-state index in [9.17, 15) is 18.0 Å². The van der Waals surface area contributed by atoms with Crippen LogP contribution in [0.4, 0.5) is 41.0 Å². The Labute approximate surface area is 192 Å². The van der Waals surface area contributed by atoms with Crippen LogP contribution < -0.4 is 15.5 Å². The summed E-state index contributed by atoms with van der Waals surface area (Å²) in [5, 5.41) is 14.0. The van der Waals surface area contributed by atoms with Gasteiger partial charge in [0.25, 0.3) is 0 Å². The van der Waals surface area contributed by atoms with E-state index in [1.165, 1.54) is 4.90 Å². The van der Waals surface area contributed by atoms with Crippen molar-refractivity contribution in [2.45, 2.75) is 6.18 Å². The van der Waals surface area contributed by atoms with Gasteiger partial charge in [-0.2, -0.15) is 13.2 Å². The molecule has 1 aliphatic heterocycles. The molecule has 0 saturated carbocycles. The number of alkyl halides is 3. The number of urea groups is 1. The predicted molar refractivity (Wildman–Crippen MR) is 119 cm³/mol. The minimum atomic E-state index is -4.53. The van der Waals surface area contributed by atoms with E-state index in [2.05, 4.69) is 25.8 Å². The van der Waals surface area contributed by atoms with Gasteiger partial charge in [0.15, 0.2) is 11.6 Å². The highest BCUT2D eigenvalue weighted by molar-refractivity contribution is 6.33. The molecule has 1 fully saturated rings. The first-order chi connectivity index (χ1) is 15.8. The number of amides is 2. The van der Waals surface area contributed by atoms with Crippen LogP contribution in [-0.2, 0) is 6.18 Å². The van der Waals surface area contributed by atoms with Gasteiger partial charge >= 0.3 is 12.2 Å². The van der Waals surface area contributed by atoms with Crippen LogP contribution in [0.5, 0.6) is 0 Å². The second-order valence-corrected chi connectivity index (χ2v) is 7.64. The highest BCUT2D eigenvalue weighted by Gasteiger charge is 2.31. The lowest BCUT2D eigenvalue weighted by Gasteiger charge is -2.35. The van der Waals surface area contributed by atoms with E-state index >= 15 is 0 Å². The highest BCUT2D eigenvalue weighted by atomic mass is 35.5. The molecule has 0 atom stereocenters. The molecule has 12 heteroatoms. The number of carbonyl (C=O) groups is 1. The standard InChI is InChI=1S/C21H19ClF3N7O/c22-16-2-1-14(21(23,24)25)13-17(16)28-20(33)32-11-9-31(10-12-32)19-4-3-18(29-30-19)27-15-5-7-26-8-6-15/h1-8,13H,9-12H2,(H,28,33)(H,26,27,29). The number of anilines is 4. The molecule has 4 rings (SSSR count). The number of nitrogens with zero attached hydrogens (tertiary/aromatic N) is 5. The van der Waals surface area contributed by atoms with Crippen molar-refractivity contribution in [3.05, 3.63) is 65.4 Å². The molecule has 0 spiro atoms. The molecule has 1 aromatic carbocycles. The van der Waals surface area contributed by atoms with Gasteiger partial charge in [-0.1, -0.05) is 11.6 Å². The number of rotatable bonds is 4. The summed E-state index contributed by atoms with van der Waals surface area (Å²) < 4.78 is 38.8. The Balaban J connectivity index is 1.33. The third kappa shape index (κ3) is 5.61. The minimum Gasteiger partial charge on any atom is -0.352 e. The van der Waals surface area contributed by atoms with E-state index in [1.54, 1.807) is 18.5 Å². The van der Waals surface area contributed by atoms with Gasteiger partial charge in [0.1, 0.15) is 0 Å². The Morgan fingerprint density at radius 2 is 1.70 bits per heavy atom. The van der Waals surface area contributed by atoms with Crippen molar-refractivity contribution in [1.82, 2.24) is 20.1 Å². The largest absolute Gasteiger partial charge is 0.416 e. The predicted octanol–water partition coefficient (Wildman–Crippen LogP) is 4.64. The Morgan fingerprint density at radius 1 is 0.970 bits per heavy atom. The monoisotopic (exact) mass is 477 g/mol. The van der Waals surface area contributed by atoms with E-state index in [-0.39, 0.29) is 10.7 Å². The maximum atomic E-state index is 12.9. The van der Waals surface area contributed by atoms with Crippen molar-refractivity contribution in [1.29, 1.82) is 0 Å². The van der Waals surface area contributed by atoms with E-state index in [1.807, 2.05) is 23.1 Å². The lowest BCUT2D eigenvalue weighted by Crippen LogP contribution is -2.50. The first kappa shape index (κ1) is 22.6. The summed E-state index contributed by atoms with van der Waals surface area (Å²) in [6.45, 7) is 1.72. The molecular weight excluding hydrogens is 459 g/mol. The van der Waals surface area contributed by atoms with E-state index < -0.39 is 17.8 Å². The number of benzene rings is 1. The van der Waals surface area contributed by atoms with Crippen LogP contribution in [0.25, 0.3) is 0 Å². The van der Waals surface area contributed by atoms with Crippen LogP contribution in [0, 0.1) is 0 Å². The Kier molecular flexibility index (Phi) is 6.50. The second kappa shape index (κ2) is 9.49. The molecule has 3 heterocycles. The van der Waals surface area contributed by atoms with Crippen molar-refractivity contribution in [2.24, 2.45) is 0 Å². The van der Waals surface area contributed by atoms with Crippen LogP contribution >= 0.6 is 11.6 Å². The van der Waals surface area contributed by atoms with Gasteiger partial charge in [-0.25, -0.2) is 4.79 Å². The van der Waals surface area contributed by atoms with E-state index in [4.69, 9.17) is 11.6 Å². The van der Waals surface area contributed by atoms with Crippen molar-refractivity contribution in [2.75, 3.05) is 41.7 Å². The maximum Gasteiger partial charge on any atom is 0.416 e. The SMILES string of the molecule is O=C(Nc1cc(C(F)(F)F)ccc1Cl)N1CCN(c2ccc(Nc3ccncc3)nn2)CC1. The fourth-order valence-corrected chi connectivity index (χ4v) is 3.44. The fraction of sp³-hybridized carbons (Fsp3) is 0.238. The zero-order chi connectivity index (χ0) is 23.4. The van der Waals surface area contributed by atoms with Crippen molar-refractivity contribution in [3.63, 3.8) is 0 Å². The Bertz CT molecular complexity index is 1110. The molecule has 3 aromatic rings. The van der Waals surface area contributed by atoms with Gasteiger partial charge in [0.2, 0.25) is 0 Å². The number of hydrogen-bond donors (Lipinski definition) is 2. The van der Waals surface area contributed by atoms with Crippen molar-refractivity contribution < 1.29 is 18.0 Å². The highest BCUT2D eigenvalue weighted by Crippen LogP contribution is 2.34. The molecule has 2 aromatic heterocycles. The third-order valence-electron chi connectivity index (χ3n) is 5.03. The molecule has 1 saturated heterocycles. The minimum absolute atomic E-state index is 0.0331. The van der Waals surface area contributed by atoms with Crippen molar-refractivity contribution in [3.8, 4) is 0 Å². The lowest BCUT2D eigenvalue weighted by molar-refractivity contribution is -0.137. The number of carbonyl (C=O) groups excluding carboxylic acids is 1. The molecule has 172 valence electrons. The maximum absolute atomic E-state index is 12.9. The van der Waals surface area contributed by atoms with Gasteiger partial charge < -0.3 is 20.4 Å². The van der Waals surface area contributed by atoms with E-state index in [0.29, 0.717) is 37.8 Å². The molecular formula is C21H19ClF3N7O. The van der Waals surface area contributed by atoms with Crippen LogP contribution in [0.2, 0.25) is 5.02 Å². The molecule has 33 heavy (non-hydrogen) atoms. The second-order valence-electron chi connectivity index (χ2n) is 7.23. The van der Waals surface area contributed by atoms with Gasteiger partial charge in [-0.3, -0.25) is 4.98 Å². The average molecular weight is 478 g/mol. The molecule has 1 aliphatic rings. The summed E-state index contributed by atoms with van der Waals surface area (Å²) in [6.07, 6.45) is -1.19. The average Bonchev–Trinajstić information content (AvgIpc) is 2.81. The van der Waals surface area contributed by atoms with Crippen LogP contribution in [0.1, 0.15) is 5.56 Å².